The van der Waals surface area contributed by atoms with E-state index in [0.717, 1.165) is 5.39 Å². The Kier molecular flexibility index (Phi) is 4.66. The van der Waals surface area contributed by atoms with Gasteiger partial charge in [-0.2, -0.15) is 4.98 Å². The van der Waals surface area contributed by atoms with Gasteiger partial charge in [0.15, 0.2) is 11.6 Å². The molecule has 0 aliphatic rings. The summed E-state index contributed by atoms with van der Waals surface area (Å²) in [6, 6.07) is 14.5. The van der Waals surface area contributed by atoms with E-state index >= 15 is 0 Å². The zero-order valence-corrected chi connectivity index (χ0v) is 15.4. The van der Waals surface area contributed by atoms with Crippen LogP contribution in [0.2, 0.25) is 10.0 Å². The minimum absolute atomic E-state index is 0.221. The third-order valence-corrected chi connectivity index (χ3v) is 4.21. The van der Waals surface area contributed by atoms with Gasteiger partial charge in [0, 0.05) is 27.3 Å². The summed E-state index contributed by atoms with van der Waals surface area (Å²) in [5.41, 5.74) is 7.82. The molecule has 0 spiro atoms. The van der Waals surface area contributed by atoms with Gasteiger partial charge in [0.05, 0.1) is 0 Å². The number of rotatable bonds is 4. The molecule has 0 bridgehead atoms. The van der Waals surface area contributed by atoms with Gasteiger partial charge in [-0.25, -0.2) is 4.98 Å². The number of fused-ring (bicyclic) bond motifs is 1. The Morgan fingerprint density at radius 3 is 2.52 bits per heavy atom. The van der Waals surface area contributed by atoms with Gasteiger partial charge in [0.2, 0.25) is 5.88 Å². The summed E-state index contributed by atoms with van der Waals surface area (Å²) in [7, 11) is 0. The largest absolute Gasteiger partial charge is 0.435 e. The van der Waals surface area contributed by atoms with Gasteiger partial charge in [-0.3, -0.25) is 4.98 Å². The molecule has 4 aromatic rings. The second-order valence-electron chi connectivity index (χ2n) is 5.66. The van der Waals surface area contributed by atoms with Crippen LogP contribution in [-0.4, -0.2) is 15.0 Å². The first-order valence-corrected chi connectivity index (χ1v) is 8.71. The van der Waals surface area contributed by atoms with Crippen LogP contribution in [0.4, 0.5) is 17.2 Å². The molecule has 2 heterocycles. The Bertz CT molecular complexity index is 1110. The van der Waals surface area contributed by atoms with Crippen molar-refractivity contribution in [2.45, 2.75) is 0 Å². The number of aromatic nitrogens is 3. The monoisotopic (exact) mass is 397 g/mol. The van der Waals surface area contributed by atoms with Crippen LogP contribution in [0.15, 0.2) is 61.1 Å². The first-order valence-electron chi connectivity index (χ1n) is 7.95. The fourth-order valence-corrected chi connectivity index (χ4v) is 3.11. The van der Waals surface area contributed by atoms with Gasteiger partial charge in [-0.05, 0) is 30.3 Å². The van der Waals surface area contributed by atoms with Crippen molar-refractivity contribution in [3.63, 3.8) is 0 Å². The number of hydrogen-bond donors (Lipinski definition) is 2. The maximum absolute atomic E-state index is 6.20. The lowest BCUT2D eigenvalue weighted by atomic mass is 10.2. The normalized spacial score (nSPS) is 10.7. The van der Waals surface area contributed by atoms with Crippen LogP contribution in [-0.2, 0) is 0 Å². The molecule has 27 heavy (non-hydrogen) atoms. The Morgan fingerprint density at radius 2 is 1.70 bits per heavy atom. The predicted molar refractivity (Wildman–Crippen MR) is 108 cm³/mol. The van der Waals surface area contributed by atoms with Crippen LogP contribution < -0.4 is 15.8 Å². The van der Waals surface area contributed by atoms with Crippen LogP contribution in [0.1, 0.15) is 0 Å². The Morgan fingerprint density at radius 1 is 0.926 bits per heavy atom. The molecule has 0 saturated carbocycles. The lowest BCUT2D eigenvalue weighted by Gasteiger charge is -2.13. The van der Waals surface area contributed by atoms with Crippen molar-refractivity contribution in [3.8, 4) is 11.6 Å². The predicted octanol–water partition coefficient (Wildman–Crippen LogP) is 5.45. The second kappa shape index (κ2) is 7.26. The molecule has 0 aliphatic carbocycles. The molecule has 134 valence electrons. The second-order valence-corrected chi connectivity index (χ2v) is 6.53. The summed E-state index contributed by atoms with van der Waals surface area (Å²) in [6.45, 7) is 0. The highest BCUT2D eigenvalue weighted by atomic mass is 35.5. The number of nitrogens with one attached hydrogen (secondary N) is 1. The van der Waals surface area contributed by atoms with E-state index in [4.69, 9.17) is 33.7 Å². The van der Waals surface area contributed by atoms with E-state index in [0.29, 0.717) is 32.8 Å². The molecule has 0 saturated heterocycles. The van der Waals surface area contributed by atoms with Gasteiger partial charge in [-0.1, -0.05) is 41.4 Å². The van der Waals surface area contributed by atoms with E-state index in [9.17, 15) is 0 Å². The molecule has 0 radical (unpaired) electrons. The third-order valence-electron chi connectivity index (χ3n) is 3.77. The molecule has 0 amide bonds. The highest BCUT2D eigenvalue weighted by Crippen LogP contribution is 2.34. The minimum atomic E-state index is 0.221. The van der Waals surface area contributed by atoms with Crippen molar-refractivity contribution in [2.75, 3.05) is 11.1 Å². The summed E-state index contributed by atoms with van der Waals surface area (Å²) in [6.07, 6.45) is 3.06. The van der Waals surface area contributed by atoms with Crippen LogP contribution in [0.3, 0.4) is 0 Å². The number of hydrogen-bond acceptors (Lipinski definition) is 6. The summed E-state index contributed by atoms with van der Waals surface area (Å²) >= 11 is 12.1. The molecule has 0 atom stereocenters. The standard InChI is InChI=1S/C19H13Cl2N5O/c20-12-7-13(21)9-14(8-12)26-18-16(22)19(25-10-24-18)27-15-5-1-3-11-4-2-6-23-17(11)15/h1-10H,22H2,(H,24,25,26). The van der Waals surface area contributed by atoms with E-state index < -0.39 is 0 Å². The number of benzene rings is 2. The first-order chi connectivity index (χ1) is 13.1. The highest BCUT2D eigenvalue weighted by Gasteiger charge is 2.13. The number of nitrogens with zero attached hydrogens (tertiary/aromatic N) is 3. The van der Waals surface area contributed by atoms with Crippen LogP contribution in [0.25, 0.3) is 10.9 Å². The molecule has 2 aromatic heterocycles. The topological polar surface area (TPSA) is 86.0 Å². The van der Waals surface area contributed by atoms with Gasteiger partial charge in [0.25, 0.3) is 0 Å². The van der Waals surface area contributed by atoms with Crippen molar-refractivity contribution < 1.29 is 4.74 Å². The molecular weight excluding hydrogens is 385 g/mol. The lowest BCUT2D eigenvalue weighted by Crippen LogP contribution is -2.03. The maximum atomic E-state index is 6.20. The van der Waals surface area contributed by atoms with Gasteiger partial charge in [-0.15, -0.1) is 0 Å². The van der Waals surface area contributed by atoms with Crippen molar-refractivity contribution in [1.82, 2.24) is 15.0 Å². The lowest BCUT2D eigenvalue weighted by molar-refractivity contribution is 0.469. The smallest absolute Gasteiger partial charge is 0.248 e. The Balaban J connectivity index is 1.67. The molecule has 0 unspecified atom stereocenters. The molecule has 6 nitrogen and oxygen atoms in total. The molecule has 2 aromatic carbocycles. The van der Waals surface area contributed by atoms with Crippen molar-refractivity contribution in [3.05, 3.63) is 71.1 Å². The summed E-state index contributed by atoms with van der Waals surface area (Å²) in [5.74, 6) is 1.15. The van der Waals surface area contributed by atoms with Gasteiger partial charge >= 0.3 is 0 Å². The average Bonchev–Trinajstić information content (AvgIpc) is 2.64. The van der Waals surface area contributed by atoms with Crippen molar-refractivity contribution in [1.29, 1.82) is 0 Å². The quantitative estimate of drug-likeness (QED) is 0.476. The van der Waals surface area contributed by atoms with E-state index in [2.05, 4.69) is 20.3 Å². The number of halogens is 2. The Hall–Kier alpha value is -3.09. The SMILES string of the molecule is Nc1c(Nc2cc(Cl)cc(Cl)c2)ncnc1Oc1cccc2cccnc12. The van der Waals surface area contributed by atoms with Crippen molar-refractivity contribution >= 4 is 51.3 Å². The zero-order valence-electron chi connectivity index (χ0n) is 13.9. The average molecular weight is 398 g/mol. The summed E-state index contributed by atoms with van der Waals surface area (Å²) in [5, 5.41) is 5.02. The highest BCUT2D eigenvalue weighted by molar-refractivity contribution is 6.35. The molecule has 0 fully saturated rings. The van der Waals surface area contributed by atoms with Crippen LogP contribution >= 0.6 is 23.2 Å². The summed E-state index contributed by atoms with van der Waals surface area (Å²) in [4.78, 5) is 12.7. The number of ether oxygens (including phenoxy) is 1. The van der Waals surface area contributed by atoms with E-state index in [-0.39, 0.29) is 11.6 Å². The first kappa shape index (κ1) is 17.3. The Labute approximate surface area is 164 Å². The fourth-order valence-electron chi connectivity index (χ4n) is 2.59. The number of pyridine rings is 1. The molecule has 0 aliphatic heterocycles. The minimum Gasteiger partial charge on any atom is -0.435 e. The van der Waals surface area contributed by atoms with Gasteiger partial charge in [0.1, 0.15) is 17.5 Å². The van der Waals surface area contributed by atoms with E-state index in [1.165, 1.54) is 6.33 Å². The number of para-hydroxylation sites is 1. The molecular formula is C19H13Cl2N5O. The van der Waals surface area contributed by atoms with Crippen LogP contribution in [0.5, 0.6) is 11.6 Å². The number of nitrogen functional groups attached to an aromatic ring is 1. The van der Waals surface area contributed by atoms with E-state index in [1.54, 1.807) is 30.5 Å². The van der Waals surface area contributed by atoms with Crippen molar-refractivity contribution in [2.24, 2.45) is 0 Å². The fraction of sp³-hybridized carbons (Fsp3) is 0. The third kappa shape index (κ3) is 3.72. The summed E-state index contributed by atoms with van der Waals surface area (Å²) < 4.78 is 5.92. The molecule has 4 rings (SSSR count). The van der Waals surface area contributed by atoms with E-state index in [1.807, 2.05) is 24.3 Å². The zero-order chi connectivity index (χ0) is 18.8. The number of nitrogens with two attached hydrogens (primary N) is 1. The molecule has 8 heteroatoms. The van der Waals surface area contributed by atoms with Crippen LogP contribution in [0, 0.1) is 0 Å². The maximum Gasteiger partial charge on any atom is 0.248 e. The van der Waals surface area contributed by atoms with Gasteiger partial charge < -0.3 is 15.8 Å². The molecule has 3 N–H and O–H groups in total. The number of anilines is 3.